The highest BCUT2D eigenvalue weighted by molar-refractivity contribution is 5.47. The summed E-state index contributed by atoms with van der Waals surface area (Å²) < 4.78 is 66.5. The highest BCUT2D eigenvalue weighted by atomic mass is 19.4. The lowest BCUT2D eigenvalue weighted by atomic mass is 9.96. The second-order valence-electron chi connectivity index (χ2n) is 6.00. The monoisotopic (exact) mass is 346 g/mol. The number of alkyl halides is 3. The molecule has 0 saturated heterocycles. The molecule has 3 nitrogen and oxygen atoms in total. The fourth-order valence-corrected chi connectivity index (χ4v) is 2.28. The Kier molecular flexibility index (Phi) is 4.87. The second-order valence-corrected chi connectivity index (χ2v) is 6.00. The molecule has 7 heteroatoms. The van der Waals surface area contributed by atoms with Gasteiger partial charge in [0.1, 0.15) is 6.61 Å². The summed E-state index contributed by atoms with van der Waals surface area (Å²) >= 11 is 0. The van der Waals surface area contributed by atoms with Crippen molar-refractivity contribution in [3.05, 3.63) is 30.1 Å². The topological polar surface area (TPSA) is 27.7 Å². The van der Waals surface area contributed by atoms with Gasteiger partial charge in [0, 0.05) is 0 Å². The van der Waals surface area contributed by atoms with Crippen LogP contribution in [0.1, 0.15) is 32.1 Å². The summed E-state index contributed by atoms with van der Waals surface area (Å²) in [6.07, 6.45) is 3.14. The normalized spacial score (nSPS) is 18.5. The molecule has 0 spiro atoms. The average molecular weight is 346 g/mol. The molecule has 0 radical (unpaired) electrons. The highest BCUT2D eigenvalue weighted by Crippen LogP contribution is 2.41. The van der Waals surface area contributed by atoms with Crippen LogP contribution in [0.25, 0.3) is 0 Å². The van der Waals surface area contributed by atoms with E-state index in [0.29, 0.717) is 5.92 Å². The molecule has 2 saturated carbocycles. The van der Waals surface area contributed by atoms with Gasteiger partial charge in [0.2, 0.25) is 11.6 Å². The molecule has 0 heterocycles. The number of halogens is 4. The molecule has 0 aliphatic heterocycles. The van der Waals surface area contributed by atoms with E-state index in [1.165, 1.54) is 12.1 Å². The smallest absolute Gasteiger partial charge is 0.486 e. The Hall–Kier alpha value is -1.92. The first-order valence-corrected chi connectivity index (χ1v) is 7.97. The van der Waals surface area contributed by atoms with Crippen LogP contribution < -0.4 is 14.2 Å². The van der Waals surface area contributed by atoms with Gasteiger partial charge in [0.05, 0.1) is 6.10 Å². The average Bonchev–Trinajstić information content (AvgIpc) is 3.27. The Morgan fingerprint density at radius 1 is 1.08 bits per heavy atom. The predicted octanol–water partition coefficient (Wildman–Crippen LogP) is 5.00. The molecule has 0 N–H and O–H groups in total. The number of allylic oxidation sites excluding steroid dienone is 1. The van der Waals surface area contributed by atoms with E-state index in [2.05, 4.69) is 4.74 Å². The Labute approximate surface area is 137 Å². The Morgan fingerprint density at radius 3 is 2.38 bits per heavy atom. The molecule has 0 atom stereocenters. The van der Waals surface area contributed by atoms with Crippen LogP contribution >= 0.6 is 0 Å². The van der Waals surface area contributed by atoms with Gasteiger partial charge in [-0.2, -0.15) is 4.39 Å². The number of hydrogen-bond acceptors (Lipinski definition) is 3. The summed E-state index contributed by atoms with van der Waals surface area (Å²) in [4.78, 5) is 0. The molecule has 0 aromatic heterocycles. The summed E-state index contributed by atoms with van der Waals surface area (Å²) in [5.74, 6) is -2.19. The fraction of sp³-hybridized carbons (Fsp3) is 0.529. The zero-order chi connectivity index (χ0) is 17.2. The zero-order valence-electron chi connectivity index (χ0n) is 12.9. The molecule has 0 bridgehead atoms. The van der Waals surface area contributed by atoms with Crippen LogP contribution in [0, 0.1) is 11.7 Å². The van der Waals surface area contributed by atoms with Crippen LogP contribution in [0.3, 0.4) is 0 Å². The maximum atomic E-state index is 14.4. The third kappa shape index (κ3) is 4.55. The van der Waals surface area contributed by atoms with Crippen molar-refractivity contribution in [2.24, 2.45) is 5.92 Å². The van der Waals surface area contributed by atoms with Gasteiger partial charge in [-0.1, -0.05) is 12.2 Å². The third-order valence-electron chi connectivity index (χ3n) is 3.95. The fourth-order valence-electron chi connectivity index (χ4n) is 2.28. The molecule has 2 aliphatic carbocycles. The van der Waals surface area contributed by atoms with Gasteiger partial charge in [0.15, 0.2) is 11.5 Å². The van der Waals surface area contributed by atoms with Crippen LogP contribution in [0.2, 0.25) is 0 Å². The van der Waals surface area contributed by atoms with E-state index in [1.807, 2.05) is 6.08 Å². The number of rotatable bonds is 7. The van der Waals surface area contributed by atoms with Crippen molar-refractivity contribution in [2.45, 2.75) is 44.6 Å². The maximum Gasteiger partial charge on any atom is 0.573 e. The summed E-state index contributed by atoms with van der Waals surface area (Å²) in [5.41, 5.74) is 0. The Bertz CT molecular complexity index is 605. The lowest BCUT2D eigenvalue weighted by Gasteiger charge is -2.27. The van der Waals surface area contributed by atoms with E-state index in [1.54, 1.807) is 6.08 Å². The molecule has 0 amide bonds. The molecule has 2 fully saturated rings. The minimum Gasteiger partial charge on any atom is -0.486 e. The van der Waals surface area contributed by atoms with Crippen molar-refractivity contribution < 1.29 is 31.8 Å². The van der Waals surface area contributed by atoms with Crippen molar-refractivity contribution in [2.75, 3.05) is 6.61 Å². The van der Waals surface area contributed by atoms with Crippen LogP contribution in [-0.4, -0.2) is 19.1 Å². The van der Waals surface area contributed by atoms with E-state index >= 15 is 0 Å². The van der Waals surface area contributed by atoms with Crippen LogP contribution in [0.5, 0.6) is 17.2 Å². The van der Waals surface area contributed by atoms with Crippen LogP contribution in [0.4, 0.5) is 17.6 Å². The zero-order valence-corrected chi connectivity index (χ0v) is 12.9. The first kappa shape index (κ1) is 16.9. The summed E-state index contributed by atoms with van der Waals surface area (Å²) in [7, 11) is 0. The van der Waals surface area contributed by atoms with E-state index in [-0.39, 0.29) is 24.2 Å². The van der Waals surface area contributed by atoms with Crippen LogP contribution in [0.15, 0.2) is 24.3 Å². The first-order chi connectivity index (χ1) is 11.4. The van der Waals surface area contributed by atoms with Gasteiger partial charge in [-0.3, -0.25) is 0 Å². The van der Waals surface area contributed by atoms with E-state index < -0.39 is 17.9 Å². The molecular formula is C17H18F4O3. The van der Waals surface area contributed by atoms with Crippen molar-refractivity contribution in [1.82, 2.24) is 0 Å². The third-order valence-corrected chi connectivity index (χ3v) is 3.95. The molecule has 132 valence electrons. The highest BCUT2D eigenvalue weighted by Gasteiger charge is 2.36. The first-order valence-electron chi connectivity index (χ1n) is 7.97. The summed E-state index contributed by atoms with van der Waals surface area (Å²) in [6, 6.07) is 2.51. The number of benzene rings is 1. The summed E-state index contributed by atoms with van der Waals surface area (Å²) in [5, 5.41) is 0. The minimum atomic E-state index is -5.01. The van der Waals surface area contributed by atoms with E-state index in [0.717, 1.165) is 32.1 Å². The molecule has 24 heavy (non-hydrogen) atoms. The number of ether oxygens (including phenoxy) is 3. The van der Waals surface area contributed by atoms with Gasteiger partial charge in [-0.25, -0.2) is 0 Å². The van der Waals surface area contributed by atoms with Crippen molar-refractivity contribution in [1.29, 1.82) is 0 Å². The van der Waals surface area contributed by atoms with E-state index in [9.17, 15) is 17.6 Å². The summed E-state index contributed by atoms with van der Waals surface area (Å²) in [6.45, 7) is 0.0850. The van der Waals surface area contributed by atoms with Gasteiger partial charge in [-0.15, -0.1) is 13.2 Å². The molecule has 1 aromatic rings. The second kappa shape index (κ2) is 6.91. The minimum absolute atomic E-state index is 0.0850. The van der Waals surface area contributed by atoms with Crippen LogP contribution in [-0.2, 0) is 0 Å². The number of hydrogen-bond donors (Lipinski definition) is 0. The molecule has 2 aliphatic rings. The SMILES string of the molecule is Fc1c(OC/C=C/C2CC2)ccc(OC2CCC2)c1OC(F)(F)F. The molecule has 3 rings (SSSR count). The van der Waals surface area contributed by atoms with E-state index in [4.69, 9.17) is 9.47 Å². The predicted molar refractivity (Wildman–Crippen MR) is 78.7 cm³/mol. The maximum absolute atomic E-state index is 14.4. The molecular weight excluding hydrogens is 328 g/mol. The lowest BCUT2D eigenvalue weighted by molar-refractivity contribution is -0.276. The Morgan fingerprint density at radius 2 is 1.79 bits per heavy atom. The molecule has 0 unspecified atom stereocenters. The Balaban J connectivity index is 1.74. The standard InChI is InChI=1S/C17H18F4O3/c18-15-13(22-10-2-3-11-6-7-11)8-9-14(23-12-4-1-5-12)16(15)24-17(19,20)21/h2-3,8-9,11-12H,1,4-7,10H2/b3-2+. The van der Waals surface area contributed by atoms with Gasteiger partial charge in [0.25, 0.3) is 0 Å². The molecule has 1 aromatic carbocycles. The van der Waals surface area contributed by atoms with Gasteiger partial charge in [-0.05, 0) is 50.2 Å². The van der Waals surface area contributed by atoms with Gasteiger partial charge >= 0.3 is 6.36 Å². The largest absolute Gasteiger partial charge is 0.573 e. The quantitative estimate of drug-likeness (QED) is 0.514. The van der Waals surface area contributed by atoms with Crippen molar-refractivity contribution in [3.63, 3.8) is 0 Å². The van der Waals surface area contributed by atoms with Gasteiger partial charge < -0.3 is 14.2 Å². The van der Waals surface area contributed by atoms with Crippen molar-refractivity contribution in [3.8, 4) is 17.2 Å². The lowest BCUT2D eigenvalue weighted by Crippen LogP contribution is -2.26. The van der Waals surface area contributed by atoms with Crippen molar-refractivity contribution >= 4 is 0 Å².